The van der Waals surface area contributed by atoms with Crippen LogP contribution in [-0.2, 0) is 4.79 Å². The van der Waals surface area contributed by atoms with Crippen LogP contribution in [-0.4, -0.2) is 23.0 Å². The number of hydrazone groups is 1. The van der Waals surface area contributed by atoms with Gasteiger partial charge in [0.05, 0.1) is 11.8 Å². The molecule has 1 aromatic carbocycles. The summed E-state index contributed by atoms with van der Waals surface area (Å²) in [7, 11) is 0. The van der Waals surface area contributed by atoms with Crippen LogP contribution in [0, 0.1) is 17.8 Å². The van der Waals surface area contributed by atoms with Gasteiger partial charge < -0.3 is 10.3 Å². The van der Waals surface area contributed by atoms with Gasteiger partial charge in [-0.2, -0.15) is 5.10 Å². The van der Waals surface area contributed by atoms with E-state index in [1.54, 1.807) is 12.3 Å². The molecule has 0 radical (unpaired) electrons. The van der Waals surface area contributed by atoms with E-state index in [4.69, 9.17) is 0 Å². The first-order valence-electron chi connectivity index (χ1n) is 8.83. The number of hydrogen-bond acceptors (Lipinski definition) is 3. The van der Waals surface area contributed by atoms with Crippen LogP contribution < -0.4 is 10.7 Å². The lowest BCUT2D eigenvalue weighted by molar-refractivity contribution is -0.117. The van der Waals surface area contributed by atoms with Crippen molar-refractivity contribution < 1.29 is 9.59 Å². The Bertz CT molecular complexity index is 1010. The average Bonchev–Trinajstić information content (AvgIpc) is 3.39. The topological polar surface area (TPSA) is 86.3 Å². The number of rotatable bonds is 3. The quantitative estimate of drug-likeness (QED) is 0.798. The van der Waals surface area contributed by atoms with Crippen LogP contribution in [0.4, 0.5) is 5.69 Å². The van der Waals surface area contributed by atoms with Gasteiger partial charge in [-0.15, -0.1) is 0 Å². The summed E-state index contributed by atoms with van der Waals surface area (Å²) < 4.78 is 0. The van der Waals surface area contributed by atoms with Crippen molar-refractivity contribution in [2.24, 2.45) is 22.9 Å². The van der Waals surface area contributed by atoms with Crippen molar-refractivity contribution in [3.63, 3.8) is 0 Å². The van der Waals surface area contributed by atoms with E-state index in [0.717, 1.165) is 29.3 Å². The molecular formula is C20H18N4O2. The van der Waals surface area contributed by atoms with Crippen molar-refractivity contribution in [1.29, 1.82) is 0 Å². The number of anilines is 1. The number of carbonyl (C=O) groups excluding carboxylic acids is 2. The van der Waals surface area contributed by atoms with Gasteiger partial charge in [-0.1, -0.05) is 24.3 Å². The molecule has 1 fully saturated rings. The molecule has 1 unspecified atom stereocenters. The molecule has 26 heavy (non-hydrogen) atoms. The first-order valence-corrected chi connectivity index (χ1v) is 8.83. The van der Waals surface area contributed by atoms with E-state index in [0.29, 0.717) is 23.1 Å². The average molecular weight is 346 g/mol. The molecule has 0 spiro atoms. The number of aromatic nitrogens is 1. The molecule has 5 rings (SSSR count). The highest BCUT2D eigenvalue weighted by Crippen LogP contribution is 2.47. The molecule has 3 N–H and O–H groups in total. The van der Waals surface area contributed by atoms with Gasteiger partial charge in [0.15, 0.2) is 0 Å². The lowest BCUT2D eigenvalue weighted by atomic mass is 9.94. The summed E-state index contributed by atoms with van der Waals surface area (Å²) >= 11 is 0. The van der Waals surface area contributed by atoms with Gasteiger partial charge in [0.2, 0.25) is 5.91 Å². The number of hydrogen-bond donors (Lipinski definition) is 3. The Balaban J connectivity index is 1.38. The highest BCUT2D eigenvalue weighted by molar-refractivity contribution is 6.15. The zero-order chi connectivity index (χ0) is 17.7. The summed E-state index contributed by atoms with van der Waals surface area (Å²) in [4.78, 5) is 28.1. The third kappa shape index (κ3) is 2.45. The van der Waals surface area contributed by atoms with Gasteiger partial charge >= 0.3 is 0 Å². The lowest BCUT2D eigenvalue weighted by Crippen LogP contribution is -2.19. The third-order valence-electron chi connectivity index (χ3n) is 5.43. The van der Waals surface area contributed by atoms with Gasteiger partial charge in [0.1, 0.15) is 0 Å². The second-order valence-corrected chi connectivity index (χ2v) is 7.10. The molecule has 3 aliphatic rings. The number of nitrogens with zero attached hydrogens (tertiary/aromatic N) is 1. The highest BCUT2D eigenvalue weighted by Gasteiger charge is 2.46. The second-order valence-electron chi connectivity index (χ2n) is 7.10. The van der Waals surface area contributed by atoms with E-state index in [1.165, 1.54) is 0 Å². The molecular weight excluding hydrogens is 328 g/mol. The second kappa shape index (κ2) is 5.69. The number of H-pyrrole nitrogens is 1. The fraction of sp³-hybridized carbons (Fsp3) is 0.250. The van der Waals surface area contributed by atoms with E-state index < -0.39 is 0 Å². The number of carbonyl (C=O) groups is 2. The largest absolute Gasteiger partial charge is 0.360 e. The molecule has 2 amide bonds. The molecule has 0 saturated heterocycles. The van der Waals surface area contributed by atoms with E-state index >= 15 is 0 Å². The van der Waals surface area contributed by atoms with Gasteiger partial charge in [0.25, 0.3) is 5.91 Å². The molecule has 2 aromatic rings. The molecule has 130 valence electrons. The summed E-state index contributed by atoms with van der Waals surface area (Å²) in [6.45, 7) is 0. The molecule has 6 heteroatoms. The smallest absolute Gasteiger partial charge is 0.272 e. The van der Waals surface area contributed by atoms with Crippen LogP contribution in [0.2, 0.25) is 0 Å². The predicted molar refractivity (Wildman–Crippen MR) is 100.0 cm³/mol. The summed E-state index contributed by atoms with van der Waals surface area (Å²) in [6, 6.07) is 3.59. The Hall–Kier alpha value is -3.15. The predicted octanol–water partition coefficient (Wildman–Crippen LogP) is 2.95. The van der Waals surface area contributed by atoms with Gasteiger partial charge in [-0.25, -0.2) is 5.43 Å². The lowest BCUT2D eigenvalue weighted by Gasteiger charge is -2.13. The Morgan fingerprint density at radius 3 is 3.04 bits per heavy atom. The summed E-state index contributed by atoms with van der Waals surface area (Å²) in [5.41, 5.74) is 5.30. The van der Waals surface area contributed by atoms with Crippen LogP contribution in [0.3, 0.4) is 0 Å². The van der Waals surface area contributed by atoms with E-state index in [1.807, 2.05) is 12.3 Å². The third-order valence-corrected chi connectivity index (χ3v) is 5.43. The molecule has 2 aliphatic carbocycles. The minimum absolute atomic E-state index is 0.0292. The van der Waals surface area contributed by atoms with Crippen molar-refractivity contribution >= 4 is 34.6 Å². The molecule has 0 bridgehead atoms. The van der Waals surface area contributed by atoms with Crippen molar-refractivity contribution in [3.05, 3.63) is 53.8 Å². The van der Waals surface area contributed by atoms with Crippen LogP contribution in [0.5, 0.6) is 0 Å². The van der Waals surface area contributed by atoms with Crippen molar-refractivity contribution in [3.8, 4) is 0 Å². The number of benzene rings is 1. The minimum atomic E-state index is -0.274. The zero-order valence-electron chi connectivity index (χ0n) is 14.0. The molecule has 6 nitrogen and oxygen atoms in total. The highest BCUT2D eigenvalue weighted by atomic mass is 16.2. The standard InChI is InChI=1S/C20H18N4O2/c25-19(15-8-14(15)11-4-2-1-3-5-11)23-13-6-16-18-12(9-21-17(18)7-13)10-22-24-20(16)26/h1-4,6-7,9-11,14-15,21H,5,8H2,(H,23,25)(H,24,26)/t11?,14-,15+/m1/s1. The zero-order valence-corrected chi connectivity index (χ0v) is 14.0. The fourth-order valence-electron chi connectivity index (χ4n) is 4.01. The summed E-state index contributed by atoms with van der Waals surface area (Å²) in [6.07, 6.45) is 13.8. The number of amides is 2. The van der Waals surface area contributed by atoms with Crippen LogP contribution in [0.15, 0.2) is 47.7 Å². The van der Waals surface area contributed by atoms with Crippen molar-refractivity contribution in [1.82, 2.24) is 10.4 Å². The SMILES string of the molecule is O=C1NN=Cc2c[nH]c3cc(NC(=O)[C@H]4C[C@@H]4C4C=CC=CC4)cc1c23. The van der Waals surface area contributed by atoms with Gasteiger partial charge in [-0.05, 0) is 36.8 Å². The normalized spacial score (nSPS) is 25.8. The number of aromatic amines is 1. The van der Waals surface area contributed by atoms with Crippen molar-refractivity contribution in [2.75, 3.05) is 5.32 Å². The van der Waals surface area contributed by atoms with Crippen LogP contribution >= 0.6 is 0 Å². The molecule has 1 aliphatic heterocycles. The fourth-order valence-corrected chi connectivity index (χ4v) is 4.01. The molecule has 1 aromatic heterocycles. The molecule has 2 heterocycles. The maximum Gasteiger partial charge on any atom is 0.272 e. The Labute approximate surface area is 150 Å². The Kier molecular flexibility index (Phi) is 3.31. The maximum absolute atomic E-state index is 12.6. The van der Waals surface area contributed by atoms with E-state index in [-0.39, 0.29) is 17.7 Å². The minimum Gasteiger partial charge on any atom is -0.360 e. The number of allylic oxidation sites excluding steroid dienone is 4. The first kappa shape index (κ1) is 15.1. The van der Waals surface area contributed by atoms with Crippen LogP contribution in [0.25, 0.3) is 10.9 Å². The Morgan fingerprint density at radius 2 is 2.19 bits per heavy atom. The monoisotopic (exact) mass is 346 g/mol. The maximum atomic E-state index is 12.6. The summed E-state index contributed by atoms with van der Waals surface area (Å²) in [5.74, 6) is 0.667. The van der Waals surface area contributed by atoms with E-state index in [2.05, 4.69) is 45.1 Å². The van der Waals surface area contributed by atoms with Crippen LogP contribution in [0.1, 0.15) is 28.8 Å². The first-order chi connectivity index (χ1) is 12.7. The molecule has 3 atom stereocenters. The number of nitrogens with one attached hydrogen (secondary N) is 3. The van der Waals surface area contributed by atoms with E-state index in [9.17, 15) is 9.59 Å². The van der Waals surface area contributed by atoms with Crippen molar-refractivity contribution in [2.45, 2.75) is 12.8 Å². The molecule has 1 saturated carbocycles. The Morgan fingerprint density at radius 1 is 1.27 bits per heavy atom. The van der Waals surface area contributed by atoms with Gasteiger partial charge in [-0.3, -0.25) is 9.59 Å². The van der Waals surface area contributed by atoms with Gasteiger partial charge in [0, 0.05) is 34.3 Å². The summed E-state index contributed by atoms with van der Waals surface area (Å²) in [5, 5.41) is 7.73.